The van der Waals surface area contributed by atoms with Gasteiger partial charge in [-0.3, -0.25) is 0 Å². The highest BCUT2D eigenvalue weighted by atomic mass is 79.9. The molecule has 80 valence electrons. The number of nitrogens with zero attached hydrogens (tertiary/aromatic N) is 1. The molecule has 0 aliphatic carbocycles. The summed E-state index contributed by atoms with van der Waals surface area (Å²) in [6.45, 7) is 3.70. The van der Waals surface area contributed by atoms with E-state index in [1.54, 1.807) is 6.92 Å². The van der Waals surface area contributed by atoms with Crippen molar-refractivity contribution in [2.24, 2.45) is 0 Å². The molecule has 0 unspecified atom stereocenters. The van der Waals surface area contributed by atoms with Gasteiger partial charge in [0, 0.05) is 10.0 Å². The molecule has 3 heteroatoms. The van der Waals surface area contributed by atoms with Crippen molar-refractivity contribution in [2.45, 2.75) is 13.8 Å². The smallest absolute Gasteiger partial charge is 0.182 e. The maximum atomic E-state index is 5.31. The van der Waals surface area contributed by atoms with Crippen molar-refractivity contribution in [2.75, 3.05) is 0 Å². The monoisotopic (exact) mass is 275 g/mol. The van der Waals surface area contributed by atoms with E-state index in [9.17, 15) is 0 Å². The van der Waals surface area contributed by atoms with E-state index in [4.69, 9.17) is 4.52 Å². The van der Waals surface area contributed by atoms with Crippen molar-refractivity contribution in [3.63, 3.8) is 0 Å². The molecule has 1 aromatic heterocycles. The van der Waals surface area contributed by atoms with Crippen molar-refractivity contribution in [3.8, 4) is 23.2 Å². The molecule has 0 N–H and O–H groups in total. The van der Waals surface area contributed by atoms with E-state index in [-0.39, 0.29) is 0 Å². The summed E-state index contributed by atoms with van der Waals surface area (Å²) < 4.78 is 6.34. The molecule has 0 spiro atoms. The fraction of sp³-hybridized carbons (Fsp3) is 0.154. The number of hydrogen-bond donors (Lipinski definition) is 0. The normalized spacial score (nSPS) is 9.69. The first-order valence-electron chi connectivity index (χ1n) is 4.87. The zero-order chi connectivity index (χ0) is 11.5. The summed E-state index contributed by atoms with van der Waals surface area (Å²) in [6, 6.07) is 7.89. The fourth-order valence-corrected chi connectivity index (χ4v) is 1.70. The minimum atomic E-state index is 0.736. The average molecular weight is 276 g/mol. The van der Waals surface area contributed by atoms with Crippen molar-refractivity contribution in [1.29, 1.82) is 0 Å². The Bertz CT molecular complexity index is 558. The second kappa shape index (κ2) is 4.54. The van der Waals surface area contributed by atoms with E-state index < -0.39 is 0 Å². The summed E-state index contributed by atoms with van der Waals surface area (Å²) in [5, 5.41) is 3.94. The lowest BCUT2D eigenvalue weighted by atomic mass is 10.1. The molecule has 2 rings (SSSR count). The van der Waals surface area contributed by atoms with Crippen LogP contribution in [0.25, 0.3) is 11.3 Å². The number of aromatic nitrogens is 1. The first-order valence-corrected chi connectivity index (χ1v) is 5.66. The maximum Gasteiger partial charge on any atom is 0.182 e. The number of halogens is 1. The Morgan fingerprint density at radius 3 is 2.56 bits per heavy atom. The van der Waals surface area contributed by atoms with E-state index >= 15 is 0 Å². The molecule has 0 fully saturated rings. The summed E-state index contributed by atoms with van der Waals surface area (Å²) in [6.07, 6.45) is 0. The van der Waals surface area contributed by atoms with Crippen molar-refractivity contribution < 1.29 is 4.52 Å². The van der Waals surface area contributed by atoms with Gasteiger partial charge in [0.15, 0.2) is 5.76 Å². The highest BCUT2D eigenvalue weighted by Crippen LogP contribution is 2.26. The van der Waals surface area contributed by atoms with Crippen LogP contribution in [0.5, 0.6) is 0 Å². The Balaban J connectivity index is 2.54. The number of aryl methyl sites for hydroxylation is 1. The van der Waals surface area contributed by atoms with Gasteiger partial charge in [0.2, 0.25) is 0 Å². The van der Waals surface area contributed by atoms with Gasteiger partial charge in [-0.2, -0.15) is 0 Å². The highest BCUT2D eigenvalue weighted by Gasteiger charge is 2.12. The Kier molecular flexibility index (Phi) is 3.12. The van der Waals surface area contributed by atoms with Crippen LogP contribution in [0.1, 0.15) is 18.2 Å². The van der Waals surface area contributed by atoms with Crippen LogP contribution in [0.4, 0.5) is 0 Å². The third-order valence-electron chi connectivity index (χ3n) is 2.22. The minimum absolute atomic E-state index is 0.736. The van der Waals surface area contributed by atoms with Crippen LogP contribution >= 0.6 is 15.9 Å². The standard InChI is InChI=1S/C13H10BrNO/c1-3-4-12-9(2)15-16-13(12)10-5-7-11(14)8-6-10/h5-8H,1-2H3. The van der Waals surface area contributed by atoms with Crippen LogP contribution < -0.4 is 0 Å². The third-order valence-corrected chi connectivity index (χ3v) is 2.75. The molecule has 2 nitrogen and oxygen atoms in total. The molecular formula is C13H10BrNO. The van der Waals surface area contributed by atoms with Gasteiger partial charge in [-0.05, 0) is 38.1 Å². The van der Waals surface area contributed by atoms with E-state index in [1.807, 2.05) is 31.2 Å². The molecule has 0 atom stereocenters. The van der Waals surface area contributed by atoms with Crippen molar-refractivity contribution >= 4 is 15.9 Å². The molecule has 16 heavy (non-hydrogen) atoms. The third kappa shape index (κ3) is 2.02. The van der Waals surface area contributed by atoms with Gasteiger partial charge in [-0.25, -0.2) is 0 Å². The minimum Gasteiger partial charge on any atom is -0.355 e. The first-order chi connectivity index (χ1) is 7.72. The Labute approximate surface area is 103 Å². The van der Waals surface area contributed by atoms with E-state index in [2.05, 4.69) is 32.9 Å². The Morgan fingerprint density at radius 2 is 1.94 bits per heavy atom. The summed E-state index contributed by atoms with van der Waals surface area (Å²) in [7, 11) is 0. The molecule has 0 saturated carbocycles. The van der Waals surface area contributed by atoms with Gasteiger partial charge in [0.05, 0.1) is 11.3 Å². The van der Waals surface area contributed by atoms with E-state index in [0.717, 1.165) is 27.1 Å². The van der Waals surface area contributed by atoms with E-state index in [1.165, 1.54) is 0 Å². The van der Waals surface area contributed by atoms with Crippen LogP contribution in [0.3, 0.4) is 0 Å². The lowest BCUT2D eigenvalue weighted by Crippen LogP contribution is -1.81. The van der Waals surface area contributed by atoms with E-state index in [0.29, 0.717) is 0 Å². The fourth-order valence-electron chi connectivity index (χ4n) is 1.44. The molecule has 0 aliphatic heterocycles. The zero-order valence-corrected chi connectivity index (χ0v) is 10.6. The predicted octanol–water partition coefficient (Wildman–Crippen LogP) is 3.78. The summed E-state index contributed by atoms with van der Waals surface area (Å²) in [5.74, 6) is 6.63. The molecule has 1 aromatic carbocycles. The summed E-state index contributed by atoms with van der Waals surface area (Å²) >= 11 is 3.40. The van der Waals surface area contributed by atoms with Gasteiger partial charge in [0.1, 0.15) is 0 Å². The average Bonchev–Trinajstić information content (AvgIpc) is 2.63. The van der Waals surface area contributed by atoms with Crippen LogP contribution in [-0.2, 0) is 0 Å². The quantitative estimate of drug-likeness (QED) is 0.741. The van der Waals surface area contributed by atoms with Crippen molar-refractivity contribution in [3.05, 3.63) is 40.0 Å². The van der Waals surface area contributed by atoms with Gasteiger partial charge >= 0.3 is 0 Å². The number of rotatable bonds is 1. The predicted molar refractivity (Wildman–Crippen MR) is 66.9 cm³/mol. The van der Waals surface area contributed by atoms with Gasteiger partial charge in [-0.15, -0.1) is 5.92 Å². The highest BCUT2D eigenvalue weighted by molar-refractivity contribution is 9.10. The molecule has 0 aliphatic rings. The maximum absolute atomic E-state index is 5.31. The lowest BCUT2D eigenvalue weighted by molar-refractivity contribution is 0.427. The molecule has 0 radical (unpaired) electrons. The van der Waals surface area contributed by atoms with Crippen LogP contribution in [0, 0.1) is 18.8 Å². The van der Waals surface area contributed by atoms with Crippen LogP contribution in [0.2, 0.25) is 0 Å². The molecule has 0 amide bonds. The van der Waals surface area contributed by atoms with Crippen LogP contribution in [-0.4, -0.2) is 5.16 Å². The number of hydrogen-bond acceptors (Lipinski definition) is 2. The topological polar surface area (TPSA) is 26.0 Å². The van der Waals surface area contributed by atoms with Gasteiger partial charge in [0.25, 0.3) is 0 Å². The summed E-state index contributed by atoms with van der Waals surface area (Å²) in [4.78, 5) is 0. The number of benzene rings is 1. The molecule has 2 aromatic rings. The van der Waals surface area contributed by atoms with Crippen LogP contribution in [0.15, 0.2) is 33.3 Å². The molecule has 0 bridgehead atoms. The lowest BCUT2D eigenvalue weighted by Gasteiger charge is -1.97. The SMILES string of the molecule is CC#Cc1c(C)noc1-c1ccc(Br)cc1. The van der Waals surface area contributed by atoms with Gasteiger partial charge < -0.3 is 4.52 Å². The second-order valence-electron chi connectivity index (χ2n) is 3.35. The summed E-state index contributed by atoms with van der Waals surface area (Å²) in [5.41, 5.74) is 2.68. The molecule has 1 heterocycles. The second-order valence-corrected chi connectivity index (χ2v) is 4.27. The Morgan fingerprint density at radius 1 is 1.25 bits per heavy atom. The Hall–Kier alpha value is -1.53. The van der Waals surface area contributed by atoms with Crippen molar-refractivity contribution in [1.82, 2.24) is 5.16 Å². The molecular weight excluding hydrogens is 266 g/mol. The largest absolute Gasteiger partial charge is 0.355 e. The molecule has 0 saturated heterocycles. The first kappa shape index (κ1) is 11.0. The zero-order valence-electron chi connectivity index (χ0n) is 9.04. The van der Waals surface area contributed by atoms with Gasteiger partial charge in [-0.1, -0.05) is 27.0 Å².